The van der Waals surface area contributed by atoms with E-state index in [0.29, 0.717) is 15.1 Å². The highest BCUT2D eigenvalue weighted by atomic mass is 35.5. The van der Waals surface area contributed by atoms with Gasteiger partial charge in [-0.25, -0.2) is 4.99 Å². The zero-order valence-electron chi connectivity index (χ0n) is 13.2. The van der Waals surface area contributed by atoms with Gasteiger partial charge in [-0.1, -0.05) is 23.7 Å². The molecule has 1 aliphatic rings. The van der Waals surface area contributed by atoms with E-state index in [9.17, 15) is 4.79 Å². The highest BCUT2D eigenvalue weighted by Crippen LogP contribution is 2.30. The molecule has 0 bridgehead atoms. The van der Waals surface area contributed by atoms with E-state index in [-0.39, 0.29) is 5.91 Å². The van der Waals surface area contributed by atoms with Crippen LogP contribution in [0.5, 0.6) is 5.75 Å². The molecule has 2 aromatic carbocycles. The lowest BCUT2D eigenvalue weighted by molar-refractivity contribution is -0.115. The van der Waals surface area contributed by atoms with Gasteiger partial charge in [-0.3, -0.25) is 4.79 Å². The van der Waals surface area contributed by atoms with Crippen molar-refractivity contribution in [2.75, 3.05) is 7.11 Å². The van der Waals surface area contributed by atoms with Gasteiger partial charge < -0.3 is 10.1 Å². The quantitative estimate of drug-likeness (QED) is 0.819. The van der Waals surface area contributed by atoms with Gasteiger partial charge >= 0.3 is 0 Å². The number of amidine groups is 1. The van der Waals surface area contributed by atoms with Crippen LogP contribution >= 0.6 is 23.4 Å². The van der Waals surface area contributed by atoms with Crippen LogP contribution in [0.2, 0.25) is 5.02 Å². The minimum Gasteiger partial charge on any atom is -0.497 e. The molecule has 0 aromatic heterocycles. The van der Waals surface area contributed by atoms with Crippen LogP contribution in [0.25, 0.3) is 6.08 Å². The fourth-order valence-electron chi connectivity index (χ4n) is 2.22. The van der Waals surface area contributed by atoms with E-state index in [1.807, 2.05) is 49.4 Å². The predicted octanol–water partition coefficient (Wildman–Crippen LogP) is 4.55. The van der Waals surface area contributed by atoms with Crippen molar-refractivity contribution in [3.05, 3.63) is 63.5 Å². The van der Waals surface area contributed by atoms with Crippen molar-refractivity contribution < 1.29 is 9.53 Å². The molecule has 1 aliphatic heterocycles. The maximum Gasteiger partial charge on any atom is 0.264 e. The number of rotatable bonds is 3. The van der Waals surface area contributed by atoms with E-state index >= 15 is 0 Å². The number of methoxy groups -OCH3 is 1. The number of amides is 1. The Hall–Kier alpha value is -2.24. The van der Waals surface area contributed by atoms with Crippen LogP contribution in [0.4, 0.5) is 5.69 Å². The Morgan fingerprint density at radius 2 is 2.08 bits per heavy atom. The number of carbonyl (C=O) groups is 1. The molecule has 0 atom stereocenters. The number of thioether (sulfide) groups is 1. The van der Waals surface area contributed by atoms with Crippen LogP contribution in [0, 0.1) is 6.92 Å². The molecule has 0 radical (unpaired) electrons. The number of ether oxygens (including phenoxy) is 1. The Morgan fingerprint density at radius 1 is 1.25 bits per heavy atom. The molecule has 2 aromatic rings. The predicted molar refractivity (Wildman–Crippen MR) is 100.0 cm³/mol. The Morgan fingerprint density at radius 3 is 2.83 bits per heavy atom. The van der Waals surface area contributed by atoms with E-state index in [4.69, 9.17) is 16.3 Å². The number of aryl methyl sites for hydroxylation is 1. The van der Waals surface area contributed by atoms with Crippen molar-refractivity contribution in [1.82, 2.24) is 5.32 Å². The van der Waals surface area contributed by atoms with Gasteiger partial charge in [-0.2, -0.15) is 0 Å². The summed E-state index contributed by atoms with van der Waals surface area (Å²) in [7, 11) is 1.61. The van der Waals surface area contributed by atoms with Gasteiger partial charge in [0.15, 0.2) is 5.17 Å². The molecule has 122 valence electrons. The number of halogens is 1. The lowest BCUT2D eigenvalue weighted by Crippen LogP contribution is -2.19. The van der Waals surface area contributed by atoms with Crippen LogP contribution in [0.1, 0.15) is 11.1 Å². The lowest BCUT2D eigenvalue weighted by atomic mass is 10.2. The van der Waals surface area contributed by atoms with E-state index in [1.165, 1.54) is 11.8 Å². The normalized spacial score (nSPS) is 17.4. The molecular weight excluding hydrogens is 344 g/mol. The standard InChI is InChI=1S/C18H15ClN2O2S/c1-11-8-13(19)6-7-15(11)20-18-21-17(22)16(24-18)10-12-4-3-5-14(9-12)23-2/h3-10H,1-2H3,(H,20,21,22)/b16-10-. The molecule has 3 rings (SSSR count). The molecule has 4 nitrogen and oxygen atoms in total. The van der Waals surface area contributed by atoms with Crippen molar-refractivity contribution in [2.24, 2.45) is 4.99 Å². The van der Waals surface area contributed by atoms with Gasteiger partial charge in [0.2, 0.25) is 0 Å². The minimum atomic E-state index is -0.159. The third-order valence-corrected chi connectivity index (χ3v) is 4.57. The second-order valence-electron chi connectivity index (χ2n) is 5.19. The average Bonchev–Trinajstić information content (AvgIpc) is 2.90. The van der Waals surface area contributed by atoms with E-state index in [2.05, 4.69) is 10.3 Å². The summed E-state index contributed by atoms with van der Waals surface area (Å²) in [5.74, 6) is 0.589. The maximum absolute atomic E-state index is 12.1. The monoisotopic (exact) mass is 358 g/mol. The largest absolute Gasteiger partial charge is 0.497 e. The fourth-order valence-corrected chi connectivity index (χ4v) is 3.28. The first-order valence-electron chi connectivity index (χ1n) is 7.25. The zero-order chi connectivity index (χ0) is 17.1. The molecule has 1 saturated heterocycles. The summed E-state index contributed by atoms with van der Waals surface area (Å²) >= 11 is 7.26. The summed E-state index contributed by atoms with van der Waals surface area (Å²) < 4.78 is 5.20. The van der Waals surface area contributed by atoms with Gasteiger partial charge in [0.25, 0.3) is 5.91 Å². The second-order valence-corrected chi connectivity index (χ2v) is 6.66. The van der Waals surface area contributed by atoms with E-state index in [1.54, 1.807) is 13.2 Å². The van der Waals surface area contributed by atoms with Gasteiger partial charge in [-0.15, -0.1) is 0 Å². The van der Waals surface area contributed by atoms with Gasteiger partial charge in [0, 0.05) is 5.02 Å². The number of hydrogen-bond acceptors (Lipinski definition) is 4. The summed E-state index contributed by atoms with van der Waals surface area (Å²) in [6, 6.07) is 13.0. The Bertz CT molecular complexity index is 862. The molecule has 1 N–H and O–H groups in total. The SMILES string of the molecule is COc1cccc(/C=C2\SC(=Nc3ccc(Cl)cc3C)NC2=O)c1. The molecule has 1 fully saturated rings. The van der Waals surface area contributed by atoms with Gasteiger partial charge in [-0.05, 0) is 66.2 Å². The molecule has 1 amide bonds. The maximum atomic E-state index is 12.1. The van der Waals surface area contributed by atoms with Crippen LogP contribution in [0.15, 0.2) is 52.4 Å². The van der Waals surface area contributed by atoms with Crippen molar-refractivity contribution in [1.29, 1.82) is 0 Å². The first-order valence-corrected chi connectivity index (χ1v) is 8.44. The molecule has 0 saturated carbocycles. The fraction of sp³-hybridized carbons (Fsp3) is 0.111. The topological polar surface area (TPSA) is 50.7 Å². The summed E-state index contributed by atoms with van der Waals surface area (Å²) in [6.07, 6.45) is 1.82. The number of nitrogens with one attached hydrogen (secondary N) is 1. The van der Waals surface area contributed by atoms with E-state index in [0.717, 1.165) is 22.6 Å². The molecule has 6 heteroatoms. The van der Waals surface area contributed by atoms with Crippen LogP contribution in [-0.4, -0.2) is 18.2 Å². The first kappa shape index (κ1) is 16.6. The van der Waals surface area contributed by atoms with Crippen LogP contribution in [0.3, 0.4) is 0 Å². The highest BCUT2D eigenvalue weighted by molar-refractivity contribution is 8.18. The smallest absolute Gasteiger partial charge is 0.264 e. The Labute approximate surface area is 149 Å². The first-order chi connectivity index (χ1) is 11.5. The number of benzene rings is 2. The summed E-state index contributed by atoms with van der Waals surface area (Å²) in [5.41, 5.74) is 2.64. The minimum absolute atomic E-state index is 0.159. The average molecular weight is 359 g/mol. The van der Waals surface area contributed by atoms with Crippen LogP contribution < -0.4 is 10.1 Å². The number of hydrogen-bond donors (Lipinski definition) is 1. The van der Waals surface area contributed by atoms with Crippen molar-refractivity contribution in [2.45, 2.75) is 6.92 Å². The third kappa shape index (κ3) is 3.80. The number of aliphatic imine (C=N–C) groups is 1. The number of carbonyl (C=O) groups excluding carboxylic acids is 1. The summed E-state index contributed by atoms with van der Waals surface area (Å²) in [4.78, 5) is 17.2. The molecular formula is C18H15ClN2O2S. The third-order valence-electron chi connectivity index (χ3n) is 3.42. The molecule has 24 heavy (non-hydrogen) atoms. The molecule has 0 unspecified atom stereocenters. The van der Waals surface area contributed by atoms with Crippen molar-refractivity contribution in [3.8, 4) is 5.75 Å². The van der Waals surface area contributed by atoms with Crippen LogP contribution in [-0.2, 0) is 4.79 Å². The lowest BCUT2D eigenvalue weighted by Gasteiger charge is -2.01. The Balaban J connectivity index is 1.85. The van der Waals surface area contributed by atoms with Crippen molar-refractivity contribution >= 4 is 46.2 Å². The van der Waals surface area contributed by atoms with E-state index < -0.39 is 0 Å². The summed E-state index contributed by atoms with van der Waals surface area (Å²) in [6.45, 7) is 1.93. The Kier molecular flexibility index (Phi) is 4.92. The summed E-state index contributed by atoms with van der Waals surface area (Å²) in [5, 5.41) is 4.00. The van der Waals surface area contributed by atoms with Gasteiger partial charge in [0.05, 0.1) is 17.7 Å². The molecule has 0 aliphatic carbocycles. The number of nitrogens with zero attached hydrogens (tertiary/aromatic N) is 1. The van der Waals surface area contributed by atoms with Crippen molar-refractivity contribution in [3.63, 3.8) is 0 Å². The van der Waals surface area contributed by atoms with Gasteiger partial charge in [0.1, 0.15) is 5.75 Å². The molecule has 0 spiro atoms. The second kappa shape index (κ2) is 7.11. The zero-order valence-corrected chi connectivity index (χ0v) is 14.7. The highest BCUT2D eigenvalue weighted by Gasteiger charge is 2.24. The molecule has 1 heterocycles.